The smallest absolute Gasteiger partial charge is 0.312 e. The van der Waals surface area contributed by atoms with Crippen LogP contribution in [-0.4, -0.2) is 54.9 Å². The van der Waals surface area contributed by atoms with Crippen LogP contribution >= 0.6 is 0 Å². The van der Waals surface area contributed by atoms with Gasteiger partial charge in [-0.3, -0.25) is 9.59 Å². The number of amides is 1. The molecule has 232 valence electrons. The van der Waals surface area contributed by atoms with Gasteiger partial charge in [0.25, 0.3) is 0 Å². The number of benzene rings is 3. The van der Waals surface area contributed by atoms with E-state index in [2.05, 4.69) is 5.32 Å². The van der Waals surface area contributed by atoms with Gasteiger partial charge in [-0.05, 0) is 49.4 Å². The number of carbonyl (C=O) groups is 2. The van der Waals surface area contributed by atoms with Crippen molar-refractivity contribution in [2.24, 2.45) is 17.3 Å². The van der Waals surface area contributed by atoms with E-state index in [0.29, 0.717) is 0 Å². The number of aliphatic hydroxyl groups is 1. The number of nitrogens with zero attached hydrogens (tertiary/aromatic N) is 1. The summed E-state index contributed by atoms with van der Waals surface area (Å²) >= 11 is 0. The van der Waals surface area contributed by atoms with E-state index in [4.69, 9.17) is 4.74 Å². The molecule has 43 heavy (non-hydrogen) atoms. The third-order valence-corrected chi connectivity index (χ3v) is 9.49. The molecular formula is C34H44N2O6S. The summed E-state index contributed by atoms with van der Waals surface area (Å²) in [6.07, 6.45) is -0.970. The predicted molar refractivity (Wildman–Crippen MR) is 167 cm³/mol. The van der Waals surface area contributed by atoms with Crippen molar-refractivity contribution < 1.29 is 27.9 Å². The van der Waals surface area contributed by atoms with Crippen LogP contribution in [0.1, 0.15) is 45.7 Å². The van der Waals surface area contributed by atoms with Gasteiger partial charge in [0.2, 0.25) is 15.9 Å². The SMILES string of the molecule is CC(C)CN(C[C@@H](O)[C@H](Cc1ccccc1)NC(=O)[C@H](C)C(C)(C)C(=O)OCc1ccccc1)S(=O)(=O)c1ccccc1. The fraction of sp³-hybridized carbons (Fsp3) is 0.412. The average molecular weight is 609 g/mol. The Bertz CT molecular complexity index is 1410. The molecule has 0 aliphatic rings. The Kier molecular flexibility index (Phi) is 12.1. The number of ether oxygens (including phenoxy) is 1. The van der Waals surface area contributed by atoms with Crippen molar-refractivity contribution in [3.8, 4) is 0 Å². The van der Waals surface area contributed by atoms with Crippen LogP contribution in [-0.2, 0) is 37.4 Å². The molecule has 3 aromatic rings. The summed E-state index contributed by atoms with van der Waals surface area (Å²) in [5, 5.41) is 14.4. The monoisotopic (exact) mass is 608 g/mol. The molecule has 0 bridgehead atoms. The van der Waals surface area contributed by atoms with Crippen LogP contribution in [0.5, 0.6) is 0 Å². The molecule has 0 spiro atoms. The Balaban J connectivity index is 1.80. The zero-order valence-electron chi connectivity index (χ0n) is 25.6. The normalized spacial score (nSPS) is 14.2. The molecule has 2 N–H and O–H groups in total. The molecule has 0 radical (unpaired) electrons. The number of aliphatic hydroxyl groups excluding tert-OH is 1. The van der Waals surface area contributed by atoms with Crippen LogP contribution in [0, 0.1) is 17.3 Å². The number of esters is 1. The highest BCUT2D eigenvalue weighted by Crippen LogP contribution is 2.29. The summed E-state index contributed by atoms with van der Waals surface area (Å²) in [5.41, 5.74) is 0.537. The summed E-state index contributed by atoms with van der Waals surface area (Å²) < 4.78 is 33.9. The van der Waals surface area contributed by atoms with Crippen LogP contribution in [0.4, 0.5) is 0 Å². The maximum absolute atomic E-state index is 13.6. The van der Waals surface area contributed by atoms with Gasteiger partial charge < -0.3 is 15.2 Å². The first kappa shape index (κ1) is 34.0. The molecule has 0 fully saturated rings. The molecule has 9 heteroatoms. The van der Waals surface area contributed by atoms with E-state index in [1.807, 2.05) is 74.5 Å². The maximum atomic E-state index is 13.6. The molecule has 0 saturated carbocycles. The van der Waals surface area contributed by atoms with E-state index in [-0.39, 0.29) is 36.9 Å². The lowest BCUT2D eigenvalue weighted by molar-refractivity contribution is -0.161. The van der Waals surface area contributed by atoms with Crippen molar-refractivity contribution in [1.82, 2.24) is 9.62 Å². The van der Waals surface area contributed by atoms with E-state index in [1.165, 1.54) is 16.4 Å². The highest BCUT2D eigenvalue weighted by Gasteiger charge is 2.41. The van der Waals surface area contributed by atoms with Gasteiger partial charge in [-0.2, -0.15) is 4.31 Å². The number of hydrogen-bond donors (Lipinski definition) is 2. The summed E-state index contributed by atoms with van der Waals surface area (Å²) in [6.45, 7) is 8.84. The van der Waals surface area contributed by atoms with Crippen molar-refractivity contribution in [2.45, 2.75) is 64.7 Å². The van der Waals surface area contributed by atoms with Crippen LogP contribution in [0.15, 0.2) is 95.9 Å². The molecule has 0 aliphatic carbocycles. The first-order valence-corrected chi connectivity index (χ1v) is 16.0. The minimum atomic E-state index is -3.91. The van der Waals surface area contributed by atoms with Crippen LogP contribution in [0.2, 0.25) is 0 Å². The van der Waals surface area contributed by atoms with Crippen LogP contribution in [0.3, 0.4) is 0 Å². The Morgan fingerprint density at radius 1 is 0.837 bits per heavy atom. The minimum absolute atomic E-state index is 0.00410. The fourth-order valence-corrected chi connectivity index (χ4v) is 6.27. The lowest BCUT2D eigenvalue weighted by atomic mass is 9.79. The van der Waals surface area contributed by atoms with Crippen molar-refractivity contribution in [3.05, 3.63) is 102 Å². The highest BCUT2D eigenvalue weighted by atomic mass is 32.2. The second kappa shape index (κ2) is 15.3. The van der Waals surface area contributed by atoms with Gasteiger partial charge in [-0.15, -0.1) is 0 Å². The first-order valence-electron chi connectivity index (χ1n) is 14.6. The van der Waals surface area contributed by atoms with E-state index >= 15 is 0 Å². The topological polar surface area (TPSA) is 113 Å². The molecule has 3 atom stereocenters. The largest absolute Gasteiger partial charge is 0.460 e. The lowest BCUT2D eigenvalue weighted by Gasteiger charge is -2.33. The number of nitrogens with one attached hydrogen (secondary N) is 1. The van der Waals surface area contributed by atoms with Crippen molar-refractivity contribution in [1.29, 1.82) is 0 Å². The van der Waals surface area contributed by atoms with E-state index in [1.54, 1.807) is 39.0 Å². The minimum Gasteiger partial charge on any atom is -0.460 e. The van der Waals surface area contributed by atoms with Crippen LogP contribution < -0.4 is 5.32 Å². The number of sulfonamides is 1. The molecule has 0 aromatic heterocycles. The zero-order valence-corrected chi connectivity index (χ0v) is 26.5. The van der Waals surface area contributed by atoms with Gasteiger partial charge in [0.1, 0.15) is 6.61 Å². The first-order chi connectivity index (χ1) is 20.3. The van der Waals surface area contributed by atoms with Gasteiger partial charge >= 0.3 is 5.97 Å². The van der Waals surface area contributed by atoms with Crippen molar-refractivity contribution >= 4 is 21.9 Å². The molecule has 8 nitrogen and oxygen atoms in total. The summed E-state index contributed by atoms with van der Waals surface area (Å²) in [4.78, 5) is 26.8. The summed E-state index contributed by atoms with van der Waals surface area (Å²) in [5.74, 6) is -1.77. The third-order valence-electron chi connectivity index (χ3n) is 7.65. The van der Waals surface area contributed by atoms with Gasteiger partial charge in [-0.1, -0.05) is 99.6 Å². The second-order valence-corrected chi connectivity index (χ2v) is 13.8. The summed E-state index contributed by atoms with van der Waals surface area (Å²) in [7, 11) is -3.91. The van der Waals surface area contributed by atoms with Crippen LogP contribution in [0.25, 0.3) is 0 Å². The quantitative estimate of drug-likeness (QED) is 0.239. The van der Waals surface area contributed by atoms with E-state index in [0.717, 1.165) is 11.1 Å². The molecule has 0 heterocycles. The Hall–Kier alpha value is -3.53. The standard InChI is InChI=1S/C34H44N2O6S/c1-25(2)22-36(43(40,41)29-19-13-8-14-20-29)23-31(37)30(21-27-15-9-6-10-16-27)35-32(38)26(3)34(4,5)33(39)42-24-28-17-11-7-12-18-28/h6-20,25-26,30-31,37H,21-24H2,1-5H3,(H,35,38)/t26-,30-,31+/m0/s1. The van der Waals surface area contributed by atoms with Gasteiger partial charge in [0.15, 0.2) is 0 Å². The molecule has 0 aliphatic heterocycles. The zero-order chi connectivity index (χ0) is 31.6. The third kappa shape index (κ3) is 9.48. The highest BCUT2D eigenvalue weighted by molar-refractivity contribution is 7.89. The van der Waals surface area contributed by atoms with Crippen molar-refractivity contribution in [3.63, 3.8) is 0 Å². The van der Waals surface area contributed by atoms with Gasteiger partial charge in [-0.25, -0.2) is 8.42 Å². The maximum Gasteiger partial charge on any atom is 0.312 e. The Labute approximate surface area is 256 Å². The molecule has 0 saturated heterocycles. The van der Waals surface area contributed by atoms with E-state index < -0.39 is 45.4 Å². The van der Waals surface area contributed by atoms with E-state index in [9.17, 15) is 23.1 Å². The number of rotatable bonds is 15. The Morgan fingerprint density at radius 3 is 1.88 bits per heavy atom. The van der Waals surface area contributed by atoms with Gasteiger partial charge in [0, 0.05) is 13.1 Å². The Morgan fingerprint density at radius 2 is 1.35 bits per heavy atom. The second-order valence-electron chi connectivity index (χ2n) is 11.9. The average Bonchev–Trinajstić information content (AvgIpc) is 2.99. The number of hydrogen-bond acceptors (Lipinski definition) is 6. The molecule has 3 rings (SSSR count). The summed E-state index contributed by atoms with van der Waals surface area (Å²) in [6, 6.07) is 25.9. The molecule has 1 amide bonds. The molecular weight excluding hydrogens is 564 g/mol. The molecule has 0 unspecified atom stereocenters. The number of carbonyl (C=O) groups excluding carboxylic acids is 2. The predicted octanol–water partition coefficient (Wildman–Crippen LogP) is 4.83. The fourth-order valence-electron chi connectivity index (χ4n) is 4.63. The van der Waals surface area contributed by atoms with Gasteiger partial charge in [0.05, 0.1) is 28.4 Å². The van der Waals surface area contributed by atoms with Crippen molar-refractivity contribution in [2.75, 3.05) is 13.1 Å². The lowest BCUT2D eigenvalue weighted by Crippen LogP contribution is -2.53. The molecule has 3 aromatic carbocycles.